The van der Waals surface area contributed by atoms with Crippen LogP contribution in [0.2, 0.25) is 0 Å². The van der Waals surface area contributed by atoms with Crippen LogP contribution in [0.1, 0.15) is 24.0 Å². The topological polar surface area (TPSA) is 61.9 Å². The van der Waals surface area contributed by atoms with Gasteiger partial charge in [-0.05, 0) is 36.8 Å². The summed E-state index contributed by atoms with van der Waals surface area (Å²) in [5.74, 6) is 0. The van der Waals surface area contributed by atoms with Gasteiger partial charge in [-0.3, -0.25) is 0 Å². The normalized spacial score (nSPS) is 20.8. The van der Waals surface area contributed by atoms with E-state index in [1.165, 1.54) is 18.2 Å². The van der Waals surface area contributed by atoms with Gasteiger partial charge in [0.1, 0.15) is 0 Å². The van der Waals surface area contributed by atoms with Gasteiger partial charge in [-0.2, -0.15) is 0 Å². The molecule has 0 unspecified atom stereocenters. The van der Waals surface area contributed by atoms with Crippen molar-refractivity contribution in [2.24, 2.45) is 0 Å². The molecule has 1 aromatic rings. The van der Waals surface area contributed by atoms with Gasteiger partial charge in [0, 0.05) is 32.2 Å². The number of carbonyl (C=O) groups is 2. The molecule has 3 amide bonds. The van der Waals surface area contributed by atoms with Crippen molar-refractivity contribution >= 4 is 12.1 Å². The standard InChI is InChI=1S/C18H25N3O3/c1-24-18(23)21-10-4-9-20(11-12-21)17(22)19-16-8-7-14-5-2-3-6-15(14)13-16/h2-3,5-6,16H,4,7-13H2,1H3,(H,19,22)/t16-/m0/s1. The highest BCUT2D eigenvalue weighted by Gasteiger charge is 2.25. The first-order valence-electron chi connectivity index (χ1n) is 8.62. The molecule has 1 aliphatic heterocycles. The van der Waals surface area contributed by atoms with E-state index in [1.807, 2.05) is 4.90 Å². The van der Waals surface area contributed by atoms with Crippen molar-refractivity contribution < 1.29 is 14.3 Å². The Bertz CT molecular complexity index is 605. The van der Waals surface area contributed by atoms with Crippen molar-refractivity contribution in [3.63, 3.8) is 0 Å². The van der Waals surface area contributed by atoms with E-state index in [1.54, 1.807) is 4.90 Å². The van der Waals surface area contributed by atoms with Crippen LogP contribution >= 0.6 is 0 Å². The van der Waals surface area contributed by atoms with Crippen LogP contribution in [0.3, 0.4) is 0 Å². The second kappa shape index (κ2) is 7.55. The van der Waals surface area contributed by atoms with E-state index < -0.39 is 0 Å². The number of nitrogens with one attached hydrogen (secondary N) is 1. The summed E-state index contributed by atoms with van der Waals surface area (Å²) in [7, 11) is 1.39. The molecule has 0 spiro atoms. The van der Waals surface area contributed by atoms with E-state index in [0.29, 0.717) is 26.2 Å². The SMILES string of the molecule is COC(=O)N1CCCN(C(=O)N[C@H]2CCc3ccccc3C2)CC1. The molecular formula is C18H25N3O3. The molecule has 1 aliphatic carbocycles. The molecule has 3 rings (SSSR count). The van der Waals surface area contributed by atoms with E-state index in [4.69, 9.17) is 4.74 Å². The maximum Gasteiger partial charge on any atom is 0.409 e. The predicted octanol–water partition coefficient (Wildman–Crippen LogP) is 2.03. The maximum absolute atomic E-state index is 12.6. The molecule has 0 aromatic heterocycles. The van der Waals surface area contributed by atoms with Crippen molar-refractivity contribution in [1.29, 1.82) is 0 Å². The van der Waals surface area contributed by atoms with Crippen LogP contribution in [0.15, 0.2) is 24.3 Å². The third-order valence-corrected chi connectivity index (χ3v) is 4.89. The van der Waals surface area contributed by atoms with Gasteiger partial charge in [-0.1, -0.05) is 24.3 Å². The second-order valence-electron chi connectivity index (χ2n) is 6.46. The highest BCUT2D eigenvalue weighted by atomic mass is 16.5. The lowest BCUT2D eigenvalue weighted by atomic mass is 9.88. The third-order valence-electron chi connectivity index (χ3n) is 4.89. The monoisotopic (exact) mass is 331 g/mol. The average Bonchev–Trinajstić information content (AvgIpc) is 2.87. The summed E-state index contributed by atoms with van der Waals surface area (Å²) in [5, 5.41) is 3.17. The summed E-state index contributed by atoms with van der Waals surface area (Å²) >= 11 is 0. The van der Waals surface area contributed by atoms with E-state index in [2.05, 4.69) is 29.6 Å². The van der Waals surface area contributed by atoms with Crippen LogP contribution in [-0.2, 0) is 17.6 Å². The Kier molecular flexibility index (Phi) is 5.23. The Hall–Kier alpha value is -2.24. The van der Waals surface area contributed by atoms with Crippen molar-refractivity contribution in [1.82, 2.24) is 15.1 Å². The number of urea groups is 1. The second-order valence-corrected chi connectivity index (χ2v) is 6.46. The molecule has 6 heteroatoms. The van der Waals surface area contributed by atoms with Gasteiger partial charge in [0.25, 0.3) is 0 Å². The van der Waals surface area contributed by atoms with E-state index in [0.717, 1.165) is 25.7 Å². The van der Waals surface area contributed by atoms with Crippen LogP contribution in [0.4, 0.5) is 9.59 Å². The molecule has 130 valence electrons. The van der Waals surface area contributed by atoms with Gasteiger partial charge in [0.2, 0.25) is 0 Å². The van der Waals surface area contributed by atoms with Gasteiger partial charge < -0.3 is 19.9 Å². The first-order valence-corrected chi connectivity index (χ1v) is 8.62. The lowest BCUT2D eigenvalue weighted by Crippen LogP contribution is -2.48. The number of ether oxygens (including phenoxy) is 1. The minimum Gasteiger partial charge on any atom is -0.453 e. The van der Waals surface area contributed by atoms with Gasteiger partial charge in [0.15, 0.2) is 0 Å². The van der Waals surface area contributed by atoms with Crippen molar-refractivity contribution in [3.05, 3.63) is 35.4 Å². The molecule has 1 fully saturated rings. The zero-order chi connectivity index (χ0) is 16.9. The van der Waals surface area contributed by atoms with Gasteiger partial charge in [-0.25, -0.2) is 9.59 Å². The molecule has 1 N–H and O–H groups in total. The Morgan fingerprint density at radius 3 is 2.58 bits per heavy atom. The number of nitrogens with zero attached hydrogens (tertiary/aromatic N) is 2. The summed E-state index contributed by atoms with van der Waals surface area (Å²) in [5.41, 5.74) is 2.73. The molecule has 6 nitrogen and oxygen atoms in total. The molecule has 2 aliphatic rings. The maximum atomic E-state index is 12.6. The smallest absolute Gasteiger partial charge is 0.409 e. The zero-order valence-electron chi connectivity index (χ0n) is 14.2. The fraction of sp³-hybridized carbons (Fsp3) is 0.556. The molecule has 1 heterocycles. The number of amides is 3. The van der Waals surface area contributed by atoms with E-state index in [9.17, 15) is 9.59 Å². The number of rotatable bonds is 1. The van der Waals surface area contributed by atoms with Gasteiger partial charge in [-0.15, -0.1) is 0 Å². The summed E-state index contributed by atoms with van der Waals surface area (Å²) in [4.78, 5) is 27.6. The van der Waals surface area contributed by atoms with Crippen molar-refractivity contribution in [2.75, 3.05) is 33.3 Å². The van der Waals surface area contributed by atoms with Crippen LogP contribution in [-0.4, -0.2) is 61.3 Å². The summed E-state index contributed by atoms with van der Waals surface area (Å²) < 4.78 is 4.76. The first-order chi connectivity index (χ1) is 11.7. The molecule has 1 aromatic carbocycles. The number of carbonyl (C=O) groups excluding carboxylic acids is 2. The fourth-order valence-electron chi connectivity index (χ4n) is 3.52. The molecular weight excluding hydrogens is 306 g/mol. The summed E-state index contributed by atoms with van der Waals surface area (Å²) in [6.07, 6.45) is 3.34. The quantitative estimate of drug-likeness (QED) is 0.856. The van der Waals surface area contributed by atoms with Crippen molar-refractivity contribution in [3.8, 4) is 0 Å². The zero-order valence-corrected chi connectivity index (χ0v) is 14.2. The Morgan fingerprint density at radius 2 is 1.79 bits per heavy atom. The molecule has 1 saturated heterocycles. The number of methoxy groups -OCH3 is 1. The fourth-order valence-corrected chi connectivity index (χ4v) is 3.52. The minimum absolute atomic E-state index is 0.0221. The van der Waals surface area contributed by atoms with Crippen molar-refractivity contribution in [2.45, 2.75) is 31.7 Å². The number of aryl methyl sites for hydroxylation is 1. The first kappa shape index (κ1) is 16.6. The number of hydrogen-bond donors (Lipinski definition) is 1. The van der Waals surface area contributed by atoms with Crippen LogP contribution in [0, 0.1) is 0 Å². The van der Waals surface area contributed by atoms with Gasteiger partial charge >= 0.3 is 12.1 Å². The average molecular weight is 331 g/mol. The summed E-state index contributed by atoms with van der Waals surface area (Å²) in [6, 6.07) is 8.61. The van der Waals surface area contributed by atoms with Gasteiger partial charge in [0.05, 0.1) is 7.11 Å². The van der Waals surface area contributed by atoms with E-state index in [-0.39, 0.29) is 18.2 Å². The highest BCUT2D eigenvalue weighted by molar-refractivity contribution is 5.75. The van der Waals surface area contributed by atoms with Crippen LogP contribution in [0.25, 0.3) is 0 Å². The number of hydrogen-bond acceptors (Lipinski definition) is 3. The van der Waals surface area contributed by atoms with Crippen LogP contribution in [0.5, 0.6) is 0 Å². The molecule has 0 bridgehead atoms. The Balaban J connectivity index is 1.53. The molecule has 0 radical (unpaired) electrons. The predicted molar refractivity (Wildman–Crippen MR) is 91.0 cm³/mol. The molecule has 1 atom stereocenters. The number of fused-ring (bicyclic) bond motifs is 1. The highest BCUT2D eigenvalue weighted by Crippen LogP contribution is 2.21. The molecule has 24 heavy (non-hydrogen) atoms. The lowest BCUT2D eigenvalue weighted by molar-refractivity contribution is 0.125. The Labute approximate surface area is 142 Å². The molecule has 0 saturated carbocycles. The largest absolute Gasteiger partial charge is 0.453 e. The van der Waals surface area contributed by atoms with E-state index >= 15 is 0 Å². The lowest BCUT2D eigenvalue weighted by Gasteiger charge is -2.29. The Morgan fingerprint density at radius 1 is 1.08 bits per heavy atom. The third kappa shape index (κ3) is 3.80. The van der Waals surface area contributed by atoms with Crippen LogP contribution < -0.4 is 5.32 Å². The number of benzene rings is 1. The minimum atomic E-state index is -0.318. The summed E-state index contributed by atoms with van der Waals surface area (Å²) in [6.45, 7) is 2.37.